The van der Waals surface area contributed by atoms with Gasteiger partial charge in [0.1, 0.15) is 24.0 Å². The molecule has 2 amide bonds. The van der Waals surface area contributed by atoms with Gasteiger partial charge in [-0.05, 0) is 92.3 Å². The molecular formula is C47H52ClFN8O4. The number of nitriles is 1. The molecule has 4 aliphatic rings. The van der Waals surface area contributed by atoms with Gasteiger partial charge in [0.05, 0.1) is 16.0 Å². The first-order valence-electron chi connectivity index (χ1n) is 21.1. The third-order valence-corrected chi connectivity index (χ3v) is 13.4. The highest BCUT2D eigenvalue weighted by atomic mass is 35.5. The van der Waals surface area contributed by atoms with Crippen molar-refractivity contribution in [3.63, 3.8) is 0 Å². The molecule has 1 unspecified atom stereocenters. The van der Waals surface area contributed by atoms with Gasteiger partial charge in [-0.3, -0.25) is 14.4 Å². The summed E-state index contributed by atoms with van der Waals surface area (Å²) in [5.41, 5.74) is 2.45. The van der Waals surface area contributed by atoms with Crippen LogP contribution in [0.2, 0.25) is 5.02 Å². The lowest BCUT2D eigenvalue weighted by Crippen LogP contribution is -2.74. The van der Waals surface area contributed by atoms with Crippen LogP contribution in [0.4, 0.5) is 15.8 Å². The van der Waals surface area contributed by atoms with Gasteiger partial charge < -0.3 is 30.5 Å². The SMILES string of the molecule is CC1(C)[C@H](NC(=O)c2ccc(N3CCC(/C=C/C=C4/CCC(n5nc(F)c6cc(N7CCNCC7)ccc6c5=O)C(=O)N4)CC3)cc2)C(C)(C)[C@H]1Oc1ccc(C#N)c(Cl)c1. The van der Waals surface area contributed by atoms with Gasteiger partial charge in [-0.1, -0.05) is 51.4 Å². The van der Waals surface area contributed by atoms with Crippen LogP contribution < -0.4 is 36.0 Å². The van der Waals surface area contributed by atoms with Gasteiger partial charge in [-0.15, -0.1) is 5.10 Å². The van der Waals surface area contributed by atoms with Gasteiger partial charge in [0, 0.05) is 90.2 Å². The number of nitrogens with zero attached hydrogens (tertiary/aromatic N) is 5. The Labute approximate surface area is 360 Å². The molecule has 4 heterocycles. The van der Waals surface area contributed by atoms with E-state index in [1.54, 1.807) is 30.3 Å². The average Bonchev–Trinajstić information content (AvgIpc) is 3.26. The summed E-state index contributed by atoms with van der Waals surface area (Å²) in [4.78, 5) is 44.6. The predicted molar refractivity (Wildman–Crippen MR) is 235 cm³/mol. The highest BCUT2D eigenvalue weighted by molar-refractivity contribution is 6.31. The predicted octanol–water partition coefficient (Wildman–Crippen LogP) is 6.89. The molecule has 3 saturated heterocycles. The Balaban J connectivity index is 0.811. The monoisotopic (exact) mass is 846 g/mol. The maximum atomic E-state index is 15.3. The summed E-state index contributed by atoms with van der Waals surface area (Å²) in [6.07, 6.45) is 8.65. The Kier molecular flexibility index (Phi) is 11.7. The van der Waals surface area contributed by atoms with E-state index in [2.05, 4.69) is 70.7 Å². The number of rotatable bonds is 9. The Bertz CT molecular complexity index is 2480. The number of ether oxygens (including phenoxy) is 1. The minimum absolute atomic E-state index is 0.131. The normalized spacial score (nSPS) is 23.4. The molecule has 4 fully saturated rings. The number of hydrogen-bond acceptors (Lipinski definition) is 9. The van der Waals surface area contributed by atoms with E-state index in [1.807, 2.05) is 42.5 Å². The van der Waals surface area contributed by atoms with E-state index < -0.39 is 17.5 Å². The number of anilines is 2. The number of aromatic nitrogens is 2. The lowest BCUT2D eigenvalue weighted by molar-refractivity contribution is -0.164. The van der Waals surface area contributed by atoms with E-state index in [4.69, 9.17) is 16.3 Å². The van der Waals surface area contributed by atoms with Crippen LogP contribution in [-0.2, 0) is 4.79 Å². The second-order valence-electron chi connectivity index (χ2n) is 17.8. The number of halogens is 2. The van der Waals surface area contributed by atoms with Crippen LogP contribution in [0.15, 0.2) is 89.4 Å². The number of carbonyl (C=O) groups excluding carboxylic acids is 2. The number of nitrogens with one attached hydrogen (secondary N) is 3. The van der Waals surface area contributed by atoms with E-state index >= 15 is 4.39 Å². The lowest BCUT2D eigenvalue weighted by Gasteiger charge is -2.63. The van der Waals surface area contributed by atoms with Crippen molar-refractivity contribution in [2.24, 2.45) is 16.7 Å². The second kappa shape index (κ2) is 17.0. The van der Waals surface area contributed by atoms with Gasteiger partial charge in [-0.25, -0.2) is 4.68 Å². The van der Waals surface area contributed by atoms with Crippen LogP contribution in [0.5, 0.6) is 5.75 Å². The first-order valence-corrected chi connectivity index (χ1v) is 21.5. The highest BCUT2D eigenvalue weighted by Crippen LogP contribution is 2.55. The zero-order valence-corrected chi connectivity index (χ0v) is 35.8. The molecule has 1 saturated carbocycles. The number of benzene rings is 3. The molecule has 12 nitrogen and oxygen atoms in total. The van der Waals surface area contributed by atoms with Crippen LogP contribution in [-0.4, -0.2) is 73.0 Å². The van der Waals surface area contributed by atoms with Crippen molar-refractivity contribution in [1.82, 2.24) is 25.7 Å². The number of piperazine rings is 1. The van der Waals surface area contributed by atoms with Crippen molar-refractivity contribution in [3.05, 3.63) is 117 Å². The van der Waals surface area contributed by atoms with Crippen molar-refractivity contribution < 1.29 is 18.7 Å². The Hall–Kier alpha value is -5.71. The molecule has 0 bridgehead atoms. The molecule has 3 N–H and O–H groups in total. The summed E-state index contributed by atoms with van der Waals surface area (Å²) >= 11 is 6.25. The average molecular weight is 847 g/mol. The second-order valence-corrected chi connectivity index (χ2v) is 18.2. The standard InChI is InChI=1S/C47H52ClFN8O4/c1-46(2)44(47(3,4)45(46)61-35-15-10-31(28-50)38(48)27-35)53-41(58)30-8-12-33(13-9-30)55-22-18-29(19-23-55)6-5-7-32-11-17-39(42(59)52-32)57-43(60)36-16-14-34(26-37(36)40(49)54-57)56-24-20-51-21-25-56/h5-10,12-16,26-27,29,39,44-45,51H,11,17-25H2,1-4H3,(H,52,59)(H,53,58)/b6-5+,32-7-/t39?,44-,45-. The van der Waals surface area contributed by atoms with Crippen LogP contribution in [0, 0.1) is 34.0 Å². The van der Waals surface area contributed by atoms with Gasteiger partial charge in [0.15, 0.2) is 0 Å². The number of carbonyl (C=O) groups is 2. The molecule has 1 aliphatic carbocycles. The molecular weight excluding hydrogens is 795 g/mol. The maximum Gasteiger partial charge on any atom is 0.275 e. The molecule has 0 radical (unpaired) electrons. The fraction of sp³-hybridized carbons (Fsp3) is 0.426. The van der Waals surface area contributed by atoms with Crippen molar-refractivity contribution in [2.45, 2.75) is 71.6 Å². The third-order valence-electron chi connectivity index (χ3n) is 13.1. The first kappa shape index (κ1) is 42.0. The Morgan fingerprint density at radius 3 is 2.30 bits per heavy atom. The quantitative estimate of drug-likeness (QED) is 0.164. The summed E-state index contributed by atoms with van der Waals surface area (Å²) in [7, 11) is 0. The maximum absolute atomic E-state index is 15.3. The number of allylic oxidation sites excluding steroid dienone is 4. The number of amides is 2. The molecule has 3 aromatic carbocycles. The molecule has 318 valence electrons. The fourth-order valence-corrected chi connectivity index (χ4v) is 10.1. The molecule has 3 aliphatic heterocycles. The number of piperidine rings is 2. The van der Waals surface area contributed by atoms with Gasteiger partial charge in [-0.2, -0.15) is 9.65 Å². The van der Waals surface area contributed by atoms with Gasteiger partial charge >= 0.3 is 0 Å². The first-order chi connectivity index (χ1) is 29.2. The zero-order chi connectivity index (χ0) is 43.1. The van der Waals surface area contributed by atoms with E-state index in [1.165, 1.54) is 0 Å². The number of fused-ring (bicyclic) bond motifs is 1. The molecule has 8 rings (SSSR count). The molecule has 14 heteroatoms. The summed E-state index contributed by atoms with van der Waals surface area (Å²) < 4.78 is 22.7. The zero-order valence-electron chi connectivity index (χ0n) is 35.0. The molecule has 1 aromatic heterocycles. The van der Waals surface area contributed by atoms with Crippen LogP contribution in [0.1, 0.15) is 75.3 Å². The summed E-state index contributed by atoms with van der Waals surface area (Å²) in [5.74, 6) is -0.310. The Morgan fingerprint density at radius 2 is 1.62 bits per heavy atom. The summed E-state index contributed by atoms with van der Waals surface area (Å²) in [6.45, 7) is 13.3. The largest absolute Gasteiger partial charge is 0.489 e. The summed E-state index contributed by atoms with van der Waals surface area (Å²) in [5, 5.41) is 23.4. The van der Waals surface area contributed by atoms with E-state index in [0.29, 0.717) is 40.7 Å². The van der Waals surface area contributed by atoms with Crippen LogP contribution in [0.25, 0.3) is 10.8 Å². The van der Waals surface area contributed by atoms with E-state index in [0.717, 1.165) is 73.9 Å². The van der Waals surface area contributed by atoms with Crippen molar-refractivity contribution in [3.8, 4) is 11.8 Å². The molecule has 4 aromatic rings. The third kappa shape index (κ3) is 8.36. The van der Waals surface area contributed by atoms with Crippen LogP contribution in [0.3, 0.4) is 0 Å². The van der Waals surface area contributed by atoms with Crippen molar-refractivity contribution >= 4 is 45.6 Å². The summed E-state index contributed by atoms with van der Waals surface area (Å²) in [6, 6.07) is 19.0. The van der Waals surface area contributed by atoms with E-state index in [9.17, 15) is 19.6 Å². The van der Waals surface area contributed by atoms with Crippen molar-refractivity contribution in [2.75, 3.05) is 49.1 Å². The molecule has 1 atom stereocenters. The highest BCUT2D eigenvalue weighted by Gasteiger charge is 2.64. The lowest BCUT2D eigenvalue weighted by atomic mass is 9.49. The molecule has 0 spiro atoms. The van der Waals surface area contributed by atoms with Gasteiger partial charge in [0.25, 0.3) is 11.5 Å². The smallest absolute Gasteiger partial charge is 0.275 e. The topological polar surface area (TPSA) is 145 Å². The van der Waals surface area contributed by atoms with E-state index in [-0.39, 0.29) is 45.6 Å². The minimum Gasteiger partial charge on any atom is -0.489 e. The Morgan fingerprint density at radius 1 is 0.934 bits per heavy atom. The minimum atomic E-state index is -0.897. The van der Waals surface area contributed by atoms with Crippen LogP contribution >= 0.6 is 11.6 Å². The fourth-order valence-electron chi connectivity index (χ4n) is 9.94. The van der Waals surface area contributed by atoms with Gasteiger partial charge in [0.2, 0.25) is 11.9 Å². The molecule has 61 heavy (non-hydrogen) atoms. The number of hydrogen-bond donors (Lipinski definition) is 3. The van der Waals surface area contributed by atoms with Crippen molar-refractivity contribution in [1.29, 1.82) is 5.26 Å².